The maximum Gasteiger partial charge on any atom is 0.242 e. The van der Waals surface area contributed by atoms with Crippen molar-refractivity contribution < 1.29 is 14.0 Å². The molecule has 1 aliphatic rings. The zero-order valence-corrected chi connectivity index (χ0v) is 13.7. The molecule has 0 saturated heterocycles. The summed E-state index contributed by atoms with van der Waals surface area (Å²) < 4.78 is 5.41. The number of carbonyl (C=O) groups excluding carboxylic acids is 2. The topological polar surface area (TPSA) is 74.9 Å². The molecule has 6 heteroatoms. The van der Waals surface area contributed by atoms with Gasteiger partial charge in [0.1, 0.15) is 11.5 Å². The van der Waals surface area contributed by atoms with Crippen molar-refractivity contribution in [2.45, 2.75) is 32.7 Å². The molecule has 0 saturated carbocycles. The molecule has 1 aromatic carbocycles. The predicted octanol–water partition coefficient (Wildman–Crippen LogP) is 3.33. The first-order valence-electron chi connectivity index (χ1n) is 7.89. The second-order valence-corrected chi connectivity index (χ2v) is 5.64. The Morgan fingerprint density at radius 1 is 1.29 bits per heavy atom. The van der Waals surface area contributed by atoms with Gasteiger partial charge in [0.25, 0.3) is 0 Å². The largest absolute Gasteiger partial charge is 0.463 e. The SMILES string of the molecule is CCC(=O)N1N=C(c2ccco2)C[C@H]1c1ccc(NC(C)=O)cc1. The number of hydrogen-bond donors (Lipinski definition) is 1. The van der Waals surface area contributed by atoms with Crippen molar-refractivity contribution in [1.82, 2.24) is 5.01 Å². The molecule has 0 bridgehead atoms. The normalized spacial score (nSPS) is 16.8. The van der Waals surface area contributed by atoms with E-state index in [0.29, 0.717) is 18.6 Å². The van der Waals surface area contributed by atoms with Crippen molar-refractivity contribution in [2.75, 3.05) is 5.32 Å². The van der Waals surface area contributed by atoms with Gasteiger partial charge in [0.2, 0.25) is 11.8 Å². The summed E-state index contributed by atoms with van der Waals surface area (Å²) in [6, 6.07) is 11.0. The van der Waals surface area contributed by atoms with Crippen LogP contribution in [0.1, 0.15) is 44.1 Å². The summed E-state index contributed by atoms with van der Waals surface area (Å²) in [5, 5.41) is 8.74. The van der Waals surface area contributed by atoms with E-state index in [9.17, 15) is 9.59 Å². The van der Waals surface area contributed by atoms with Crippen molar-refractivity contribution in [3.8, 4) is 0 Å². The van der Waals surface area contributed by atoms with Gasteiger partial charge in [-0.1, -0.05) is 19.1 Å². The summed E-state index contributed by atoms with van der Waals surface area (Å²) in [7, 11) is 0. The zero-order chi connectivity index (χ0) is 17.1. The highest BCUT2D eigenvalue weighted by molar-refractivity contribution is 6.01. The van der Waals surface area contributed by atoms with Crippen LogP contribution in [0.4, 0.5) is 5.69 Å². The average Bonchev–Trinajstić information content (AvgIpc) is 3.23. The van der Waals surface area contributed by atoms with Crippen molar-refractivity contribution in [1.29, 1.82) is 0 Å². The summed E-state index contributed by atoms with van der Waals surface area (Å²) in [6.07, 6.45) is 2.58. The fraction of sp³-hybridized carbons (Fsp3) is 0.278. The fourth-order valence-corrected chi connectivity index (χ4v) is 2.75. The molecule has 0 unspecified atom stereocenters. The number of hydrogen-bond acceptors (Lipinski definition) is 4. The Hall–Kier alpha value is -2.89. The molecule has 0 radical (unpaired) electrons. The fourth-order valence-electron chi connectivity index (χ4n) is 2.75. The van der Waals surface area contributed by atoms with Gasteiger partial charge in [-0.25, -0.2) is 5.01 Å². The van der Waals surface area contributed by atoms with Crippen LogP contribution in [0.15, 0.2) is 52.2 Å². The lowest BCUT2D eigenvalue weighted by Crippen LogP contribution is -2.26. The first-order valence-corrected chi connectivity index (χ1v) is 7.89. The second kappa shape index (κ2) is 6.70. The molecule has 1 aliphatic heterocycles. The number of rotatable bonds is 4. The molecule has 1 aromatic heterocycles. The third-order valence-corrected chi connectivity index (χ3v) is 3.89. The molecule has 0 aliphatic carbocycles. The van der Waals surface area contributed by atoms with Crippen LogP contribution in [-0.4, -0.2) is 22.5 Å². The third kappa shape index (κ3) is 3.22. The number of furan rings is 1. The van der Waals surface area contributed by atoms with Gasteiger partial charge >= 0.3 is 0 Å². The van der Waals surface area contributed by atoms with E-state index in [4.69, 9.17) is 4.42 Å². The monoisotopic (exact) mass is 325 g/mol. The maximum atomic E-state index is 12.3. The highest BCUT2D eigenvalue weighted by Crippen LogP contribution is 2.33. The second-order valence-electron chi connectivity index (χ2n) is 5.64. The third-order valence-electron chi connectivity index (χ3n) is 3.89. The first kappa shape index (κ1) is 16.0. The smallest absolute Gasteiger partial charge is 0.242 e. The summed E-state index contributed by atoms with van der Waals surface area (Å²) in [4.78, 5) is 23.4. The lowest BCUT2D eigenvalue weighted by atomic mass is 10.0. The average molecular weight is 325 g/mol. The van der Waals surface area contributed by atoms with Gasteiger partial charge < -0.3 is 9.73 Å². The van der Waals surface area contributed by atoms with Gasteiger partial charge in [-0.3, -0.25) is 9.59 Å². The van der Waals surface area contributed by atoms with Crippen LogP contribution in [0.3, 0.4) is 0 Å². The number of amides is 2. The van der Waals surface area contributed by atoms with Crippen LogP contribution in [-0.2, 0) is 9.59 Å². The number of hydrazone groups is 1. The molecule has 1 atom stereocenters. The van der Waals surface area contributed by atoms with Crippen LogP contribution in [0.25, 0.3) is 0 Å². The minimum Gasteiger partial charge on any atom is -0.463 e. The molecule has 3 rings (SSSR count). The summed E-state index contributed by atoms with van der Waals surface area (Å²) in [5.74, 6) is 0.531. The van der Waals surface area contributed by atoms with E-state index < -0.39 is 0 Å². The van der Waals surface area contributed by atoms with E-state index in [0.717, 1.165) is 17.0 Å². The van der Waals surface area contributed by atoms with Crippen molar-refractivity contribution in [3.05, 3.63) is 54.0 Å². The Morgan fingerprint density at radius 2 is 2.04 bits per heavy atom. The number of nitrogens with zero attached hydrogens (tertiary/aromatic N) is 2. The van der Waals surface area contributed by atoms with Crippen LogP contribution >= 0.6 is 0 Å². The van der Waals surface area contributed by atoms with Gasteiger partial charge in [0, 0.05) is 25.5 Å². The summed E-state index contributed by atoms with van der Waals surface area (Å²) in [6.45, 7) is 3.29. The first-order chi connectivity index (χ1) is 11.6. The van der Waals surface area contributed by atoms with E-state index in [1.165, 1.54) is 11.9 Å². The standard InChI is InChI=1S/C18H19N3O3/c1-3-18(23)21-16(11-15(20-21)17-5-4-10-24-17)13-6-8-14(9-7-13)19-12(2)22/h4-10,16H,3,11H2,1-2H3,(H,19,22)/t16-/m0/s1. The zero-order valence-electron chi connectivity index (χ0n) is 13.7. The molecule has 2 heterocycles. The lowest BCUT2D eigenvalue weighted by Gasteiger charge is -2.21. The molecular formula is C18H19N3O3. The Morgan fingerprint density at radius 3 is 2.62 bits per heavy atom. The van der Waals surface area contributed by atoms with Gasteiger partial charge in [-0.05, 0) is 29.8 Å². The molecule has 0 fully saturated rings. The Balaban J connectivity index is 1.86. The molecule has 2 amide bonds. The molecule has 1 N–H and O–H groups in total. The molecular weight excluding hydrogens is 306 g/mol. The van der Waals surface area contributed by atoms with Gasteiger partial charge in [-0.2, -0.15) is 5.10 Å². The van der Waals surface area contributed by atoms with E-state index >= 15 is 0 Å². The Labute approximate surface area is 140 Å². The number of benzene rings is 1. The summed E-state index contributed by atoms with van der Waals surface area (Å²) >= 11 is 0. The Kier molecular flexibility index (Phi) is 4.46. The molecule has 0 spiro atoms. The van der Waals surface area contributed by atoms with E-state index in [1.807, 2.05) is 37.3 Å². The summed E-state index contributed by atoms with van der Waals surface area (Å²) in [5.41, 5.74) is 2.46. The highest BCUT2D eigenvalue weighted by atomic mass is 16.3. The van der Waals surface area contributed by atoms with Gasteiger partial charge in [0.05, 0.1) is 12.3 Å². The van der Waals surface area contributed by atoms with Crippen LogP contribution in [0.2, 0.25) is 0 Å². The van der Waals surface area contributed by atoms with Crippen LogP contribution in [0, 0.1) is 0 Å². The van der Waals surface area contributed by atoms with Crippen molar-refractivity contribution in [2.24, 2.45) is 5.10 Å². The minimum atomic E-state index is -0.163. The quantitative estimate of drug-likeness (QED) is 0.937. The number of carbonyl (C=O) groups is 2. The highest BCUT2D eigenvalue weighted by Gasteiger charge is 2.33. The number of anilines is 1. The lowest BCUT2D eigenvalue weighted by molar-refractivity contribution is -0.132. The van der Waals surface area contributed by atoms with E-state index in [2.05, 4.69) is 10.4 Å². The minimum absolute atomic E-state index is 0.0347. The maximum absolute atomic E-state index is 12.3. The molecule has 6 nitrogen and oxygen atoms in total. The predicted molar refractivity (Wildman–Crippen MR) is 90.5 cm³/mol. The van der Waals surface area contributed by atoms with Gasteiger partial charge in [-0.15, -0.1) is 0 Å². The molecule has 24 heavy (non-hydrogen) atoms. The van der Waals surface area contributed by atoms with Crippen molar-refractivity contribution in [3.63, 3.8) is 0 Å². The number of nitrogens with one attached hydrogen (secondary N) is 1. The van der Waals surface area contributed by atoms with E-state index in [-0.39, 0.29) is 17.9 Å². The van der Waals surface area contributed by atoms with Crippen molar-refractivity contribution >= 4 is 23.2 Å². The van der Waals surface area contributed by atoms with E-state index in [1.54, 1.807) is 12.3 Å². The van der Waals surface area contributed by atoms with Gasteiger partial charge in [0.15, 0.2) is 0 Å². The Bertz CT molecular complexity index is 763. The van der Waals surface area contributed by atoms with Crippen LogP contribution < -0.4 is 5.32 Å². The molecule has 2 aromatic rings. The van der Waals surface area contributed by atoms with Crippen LogP contribution in [0.5, 0.6) is 0 Å². The molecule has 124 valence electrons.